The second-order valence-electron chi connectivity index (χ2n) is 4.49. The van der Waals surface area contributed by atoms with Crippen LogP contribution in [-0.2, 0) is 4.79 Å². The molecule has 2 rings (SSSR count). The van der Waals surface area contributed by atoms with Gasteiger partial charge in [0.1, 0.15) is 11.9 Å². The molecule has 1 aromatic carbocycles. The van der Waals surface area contributed by atoms with Crippen LogP contribution < -0.4 is 11.1 Å². The summed E-state index contributed by atoms with van der Waals surface area (Å²) in [4.78, 5) is 15.6. The number of nitrogens with two attached hydrogens (primary N) is 1. The van der Waals surface area contributed by atoms with Crippen LogP contribution in [0, 0.1) is 5.82 Å². The van der Waals surface area contributed by atoms with E-state index in [9.17, 15) is 9.18 Å². The maximum atomic E-state index is 13.1. The van der Waals surface area contributed by atoms with Gasteiger partial charge < -0.3 is 15.6 Å². The Morgan fingerprint density at radius 3 is 2.76 bits per heavy atom. The predicted molar refractivity (Wildman–Crippen MR) is 77.1 cm³/mol. The van der Waals surface area contributed by atoms with Gasteiger partial charge in [0.2, 0.25) is 17.6 Å². The number of benzene rings is 1. The molecule has 3 N–H and O–H groups in total. The molecule has 1 aromatic heterocycles. The van der Waals surface area contributed by atoms with E-state index in [1.165, 1.54) is 12.1 Å². The molecule has 0 radical (unpaired) electrons. The smallest absolute Gasteiger partial charge is 0.249 e. The SMILES string of the molecule is CC(NC(=O)[C@H](C)N)c1nc(-c2cccc(F)c2)no1.Cl. The second kappa shape index (κ2) is 7.14. The molecule has 114 valence electrons. The summed E-state index contributed by atoms with van der Waals surface area (Å²) < 4.78 is 18.2. The number of amides is 1. The quantitative estimate of drug-likeness (QED) is 0.897. The maximum absolute atomic E-state index is 13.1. The van der Waals surface area contributed by atoms with Gasteiger partial charge in [0.15, 0.2) is 0 Å². The largest absolute Gasteiger partial charge is 0.343 e. The maximum Gasteiger partial charge on any atom is 0.249 e. The van der Waals surface area contributed by atoms with E-state index >= 15 is 0 Å². The van der Waals surface area contributed by atoms with Crippen LogP contribution in [0.1, 0.15) is 25.8 Å². The monoisotopic (exact) mass is 314 g/mol. The molecule has 0 fully saturated rings. The molecule has 2 aromatic rings. The standard InChI is InChI=1S/C13H15FN4O2.ClH/c1-7(15)12(19)16-8(2)13-17-11(18-20-13)9-4-3-5-10(14)6-9;/h3-8H,15H2,1-2H3,(H,16,19);1H/t7-,8?;/m0./s1. The van der Waals surface area contributed by atoms with Gasteiger partial charge in [-0.05, 0) is 26.0 Å². The second-order valence-corrected chi connectivity index (χ2v) is 4.49. The zero-order valence-corrected chi connectivity index (χ0v) is 12.4. The number of hydrogen-bond acceptors (Lipinski definition) is 5. The summed E-state index contributed by atoms with van der Waals surface area (Å²) in [6, 6.07) is 4.77. The van der Waals surface area contributed by atoms with Crippen LogP contribution in [0.4, 0.5) is 4.39 Å². The van der Waals surface area contributed by atoms with Crippen molar-refractivity contribution in [3.63, 3.8) is 0 Å². The van der Waals surface area contributed by atoms with Crippen LogP contribution in [0.15, 0.2) is 28.8 Å². The molecule has 0 spiro atoms. The van der Waals surface area contributed by atoms with Crippen LogP contribution in [0.2, 0.25) is 0 Å². The lowest BCUT2D eigenvalue weighted by molar-refractivity contribution is -0.122. The van der Waals surface area contributed by atoms with Crippen molar-refractivity contribution in [3.8, 4) is 11.4 Å². The average Bonchev–Trinajstić information content (AvgIpc) is 2.88. The Bertz CT molecular complexity index is 618. The molecule has 1 heterocycles. The number of halogens is 2. The van der Waals surface area contributed by atoms with Crippen LogP contribution in [0.25, 0.3) is 11.4 Å². The minimum atomic E-state index is -0.622. The number of aromatic nitrogens is 2. The molecule has 0 bridgehead atoms. The Labute approximate surface area is 127 Å². The van der Waals surface area contributed by atoms with Gasteiger partial charge in [-0.2, -0.15) is 4.98 Å². The Morgan fingerprint density at radius 2 is 2.14 bits per heavy atom. The normalized spacial score (nSPS) is 13.1. The summed E-state index contributed by atoms with van der Waals surface area (Å²) in [6.45, 7) is 3.27. The zero-order valence-electron chi connectivity index (χ0n) is 11.5. The van der Waals surface area contributed by atoms with Crippen molar-refractivity contribution in [2.24, 2.45) is 5.73 Å². The first-order valence-corrected chi connectivity index (χ1v) is 6.13. The highest BCUT2D eigenvalue weighted by atomic mass is 35.5. The summed E-state index contributed by atoms with van der Waals surface area (Å²) in [7, 11) is 0. The van der Waals surface area contributed by atoms with Gasteiger partial charge in [-0.15, -0.1) is 12.4 Å². The Hall–Kier alpha value is -1.99. The van der Waals surface area contributed by atoms with Crippen molar-refractivity contribution >= 4 is 18.3 Å². The van der Waals surface area contributed by atoms with Crippen molar-refractivity contribution in [3.05, 3.63) is 36.0 Å². The van der Waals surface area contributed by atoms with Crippen molar-refractivity contribution in [2.45, 2.75) is 25.9 Å². The average molecular weight is 315 g/mol. The molecule has 21 heavy (non-hydrogen) atoms. The van der Waals surface area contributed by atoms with Gasteiger partial charge in [-0.3, -0.25) is 4.79 Å². The van der Waals surface area contributed by atoms with Crippen LogP contribution >= 0.6 is 12.4 Å². The first-order chi connectivity index (χ1) is 9.47. The fourth-order valence-electron chi connectivity index (χ4n) is 1.56. The summed E-state index contributed by atoms with van der Waals surface area (Å²) in [5, 5.41) is 6.40. The number of hydrogen-bond donors (Lipinski definition) is 2. The number of nitrogens with one attached hydrogen (secondary N) is 1. The Balaban J connectivity index is 0.00000220. The number of carbonyl (C=O) groups excluding carboxylic acids is 1. The molecule has 1 amide bonds. The van der Waals surface area contributed by atoms with Crippen LogP contribution in [0.5, 0.6) is 0 Å². The summed E-state index contributed by atoms with van der Waals surface area (Å²) in [5.74, 6) is -0.199. The van der Waals surface area contributed by atoms with Crippen molar-refractivity contribution in [1.29, 1.82) is 0 Å². The lowest BCUT2D eigenvalue weighted by Gasteiger charge is -2.11. The minimum absolute atomic E-state index is 0. The molecule has 1 unspecified atom stereocenters. The van der Waals surface area contributed by atoms with E-state index in [-0.39, 0.29) is 35.8 Å². The molecule has 0 aliphatic heterocycles. The van der Waals surface area contributed by atoms with Crippen LogP contribution in [0.3, 0.4) is 0 Å². The lowest BCUT2D eigenvalue weighted by atomic mass is 10.2. The van der Waals surface area contributed by atoms with Gasteiger partial charge in [0.25, 0.3) is 0 Å². The van der Waals surface area contributed by atoms with Crippen molar-refractivity contribution < 1.29 is 13.7 Å². The molecule has 8 heteroatoms. The zero-order chi connectivity index (χ0) is 14.7. The number of nitrogens with zero attached hydrogens (tertiary/aromatic N) is 2. The van der Waals surface area contributed by atoms with Crippen molar-refractivity contribution in [2.75, 3.05) is 0 Å². The molecular formula is C13H16ClFN4O2. The first-order valence-electron chi connectivity index (χ1n) is 6.13. The van der Waals surface area contributed by atoms with Gasteiger partial charge in [-0.1, -0.05) is 17.3 Å². The molecule has 6 nitrogen and oxygen atoms in total. The number of carbonyl (C=O) groups is 1. The molecule has 2 atom stereocenters. The van der Waals surface area contributed by atoms with Gasteiger partial charge in [0, 0.05) is 5.56 Å². The predicted octanol–water partition coefficient (Wildman–Crippen LogP) is 1.82. The topological polar surface area (TPSA) is 94.0 Å². The molecule has 0 aliphatic rings. The Kier molecular flexibility index (Phi) is 5.80. The molecule has 0 saturated carbocycles. The highest BCUT2D eigenvalue weighted by molar-refractivity contribution is 5.85. The van der Waals surface area contributed by atoms with E-state index in [0.717, 1.165) is 0 Å². The number of rotatable bonds is 4. The minimum Gasteiger partial charge on any atom is -0.343 e. The van der Waals surface area contributed by atoms with Gasteiger partial charge in [-0.25, -0.2) is 4.39 Å². The van der Waals surface area contributed by atoms with Gasteiger partial charge in [0.05, 0.1) is 6.04 Å². The lowest BCUT2D eigenvalue weighted by Crippen LogP contribution is -2.39. The molecule has 0 saturated heterocycles. The van der Waals surface area contributed by atoms with Gasteiger partial charge >= 0.3 is 0 Å². The van der Waals surface area contributed by atoms with E-state index in [0.29, 0.717) is 5.56 Å². The summed E-state index contributed by atoms with van der Waals surface area (Å²) in [5.41, 5.74) is 5.96. The van der Waals surface area contributed by atoms with E-state index in [2.05, 4.69) is 15.5 Å². The highest BCUT2D eigenvalue weighted by Gasteiger charge is 2.18. The van der Waals surface area contributed by atoms with E-state index in [1.54, 1.807) is 26.0 Å². The third-order valence-corrected chi connectivity index (χ3v) is 2.67. The third kappa shape index (κ3) is 4.24. The van der Waals surface area contributed by atoms with E-state index in [1.807, 2.05) is 0 Å². The fraction of sp³-hybridized carbons (Fsp3) is 0.308. The fourth-order valence-corrected chi connectivity index (χ4v) is 1.56. The van der Waals surface area contributed by atoms with Crippen LogP contribution in [-0.4, -0.2) is 22.1 Å². The molecular weight excluding hydrogens is 299 g/mol. The third-order valence-electron chi connectivity index (χ3n) is 2.67. The van der Waals surface area contributed by atoms with Crippen molar-refractivity contribution in [1.82, 2.24) is 15.5 Å². The summed E-state index contributed by atoms with van der Waals surface area (Å²) >= 11 is 0. The van der Waals surface area contributed by atoms with E-state index < -0.39 is 12.1 Å². The van der Waals surface area contributed by atoms with E-state index in [4.69, 9.17) is 10.3 Å². The summed E-state index contributed by atoms with van der Waals surface area (Å²) in [6.07, 6.45) is 0. The molecule has 0 aliphatic carbocycles. The highest BCUT2D eigenvalue weighted by Crippen LogP contribution is 2.19. The Morgan fingerprint density at radius 1 is 1.43 bits per heavy atom. The first kappa shape index (κ1) is 17.1.